The highest BCUT2D eigenvalue weighted by atomic mass is 35.5. The Hall–Kier alpha value is -1.16. The van der Waals surface area contributed by atoms with Gasteiger partial charge in [-0.3, -0.25) is 5.10 Å². The number of hydrogen-bond donors (Lipinski definition) is 1. The second-order valence-corrected chi connectivity index (χ2v) is 3.44. The van der Waals surface area contributed by atoms with Crippen molar-refractivity contribution in [3.63, 3.8) is 0 Å². The van der Waals surface area contributed by atoms with Crippen molar-refractivity contribution < 1.29 is 8.78 Å². The number of benzene rings is 1. The third kappa shape index (κ3) is 2.16. The molecule has 1 heterocycles. The quantitative estimate of drug-likeness (QED) is 0.789. The summed E-state index contributed by atoms with van der Waals surface area (Å²) >= 11 is 5.73. The first-order valence-corrected chi connectivity index (χ1v) is 5.39. The van der Waals surface area contributed by atoms with Crippen molar-refractivity contribution in [2.24, 2.45) is 0 Å². The minimum Gasteiger partial charge on any atom is -0.278 e. The number of halogens is 3. The van der Waals surface area contributed by atoms with Crippen LogP contribution in [0.3, 0.4) is 0 Å². The first-order valence-electron chi connectivity index (χ1n) is 5.01. The molecular weight excluding hydrogens is 234 g/mol. The monoisotopic (exact) mass is 246 g/mol. The second-order valence-electron chi connectivity index (χ2n) is 3.03. The smallest absolute Gasteiger partial charge is 0.265 e. The number of hydrogen-bond acceptors (Lipinski definition) is 1. The highest BCUT2D eigenvalue weighted by molar-refractivity contribution is 6.32. The van der Waals surface area contributed by atoms with Crippen LogP contribution in [0.2, 0.25) is 5.02 Å². The van der Waals surface area contributed by atoms with Crippen molar-refractivity contribution in [3.05, 3.63) is 28.4 Å². The second kappa shape index (κ2) is 5.25. The first-order chi connectivity index (χ1) is 7.61. The number of fused-ring (bicyclic) bond motifs is 1. The van der Waals surface area contributed by atoms with E-state index in [1.807, 2.05) is 13.8 Å². The largest absolute Gasteiger partial charge is 0.278 e. The van der Waals surface area contributed by atoms with E-state index in [9.17, 15) is 8.78 Å². The molecule has 0 unspecified atom stereocenters. The lowest BCUT2D eigenvalue weighted by atomic mass is 10.1. The number of aromatic amines is 1. The van der Waals surface area contributed by atoms with Gasteiger partial charge in [0.05, 0.1) is 16.7 Å². The number of aromatic nitrogens is 2. The van der Waals surface area contributed by atoms with Gasteiger partial charge < -0.3 is 0 Å². The summed E-state index contributed by atoms with van der Waals surface area (Å²) in [4.78, 5) is 0. The third-order valence-corrected chi connectivity index (χ3v) is 2.54. The van der Waals surface area contributed by atoms with Crippen LogP contribution in [0.15, 0.2) is 12.3 Å². The van der Waals surface area contributed by atoms with Gasteiger partial charge in [-0.05, 0) is 18.6 Å². The summed E-state index contributed by atoms with van der Waals surface area (Å²) in [5.41, 5.74) is 1.05. The standard InChI is InChI=1S/C9H7ClF2N2.C2H6/c1-4-5-3-13-14-7(5)2-6(10)8(4)9(11)12;1-2/h2-3,9H,1H3,(H,13,14);1-2H3. The number of nitrogens with one attached hydrogen (secondary N) is 1. The van der Waals surface area contributed by atoms with Gasteiger partial charge in [-0.1, -0.05) is 25.4 Å². The van der Waals surface area contributed by atoms with E-state index in [2.05, 4.69) is 10.2 Å². The molecule has 0 aliphatic carbocycles. The fraction of sp³-hybridized carbons (Fsp3) is 0.364. The van der Waals surface area contributed by atoms with Gasteiger partial charge >= 0.3 is 0 Å². The van der Waals surface area contributed by atoms with Crippen LogP contribution >= 0.6 is 11.6 Å². The van der Waals surface area contributed by atoms with Gasteiger partial charge in [0, 0.05) is 10.9 Å². The molecule has 1 N–H and O–H groups in total. The summed E-state index contributed by atoms with van der Waals surface area (Å²) in [6, 6.07) is 1.47. The normalized spacial score (nSPS) is 10.4. The maximum absolute atomic E-state index is 12.6. The molecule has 0 spiro atoms. The van der Waals surface area contributed by atoms with Crippen LogP contribution < -0.4 is 0 Å². The molecule has 2 aromatic rings. The Morgan fingerprint density at radius 3 is 2.56 bits per heavy atom. The Kier molecular flexibility index (Phi) is 4.24. The summed E-state index contributed by atoms with van der Waals surface area (Å²) < 4.78 is 25.2. The average Bonchev–Trinajstić information content (AvgIpc) is 2.68. The van der Waals surface area contributed by atoms with E-state index in [-0.39, 0.29) is 10.6 Å². The number of H-pyrrole nitrogens is 1. The van der Waals surface area contributed by atoms with E-state index in [1.54, 1.807) is 6.92 Å². The molecule has 1 aromatic heterocycles. The fourth-order valence-electron chi connectivity index (χ4n) is 1.50. The number of nitrogens with zero attached hydrogens (tertiary/aromatic N) is 1. The predicted molar refractivity (Wildman–Crippen MR) is 62.1 cm³/mol. The third-order valence-electron chi connectivity index (χ3n) is 2.22. The van der Waals surface area contributed by atoms with Crippen LogP contribution in [0.4, 0.5) is 8.78 Å². The zero-order valence-corrected chi connectivity index (χ0v) is 10.1. The lowest BCUT2D eigenvalue weighted by Crippen LogP contribution is -1.91. The van der Waals surface area contributed by atoms with Crippen LogP contribution in [0.5, 0.6) is 0 Å². The van der Waals surface area contributed by atoms with Crippen molar-refractivity contribution in [2.75, 3.05) is 0 Å². The van der Waals surface area contributed by atoms with Crippen molar-refractivity contribution >= 4 is 22.5 Å². The number of rotatable bonds is 1. The highest BCUT2D eigenvalue weighted by Crippen LogP contribution is 2.34. The molecule has 0 saturated heterocycles. The molecule has 0 aliphatic rings. The molecule has 0 saturated carbocycles. The minimum absolute atomic E-state index is 0.0780. The molecule has 16 heavy (non-hydrogen) atoms. The Bertz CT molecular complexity index is 480. The van der Waals surface area contributed by atoms with Crippen molar-refractivity contribution in [2.45, 2.75) is 27.2 Å². The van der Waals surface area contributed by atoms with Gasteiger partial charge in [0.2, 0.25) is 0 Å². The SMILES string of the molecule is CC.Cc1c(C(F)F)c(Cl)cc2[nH]ncc12. The summed E-state index contributed by atoms with van der Waals surface area (Å²) in [6.45, 7) is 5.62. The maximum Gasteiger partial charge on any atom is 0.265 e. The van der Waals surface area contributed by atoms with E-state index in [1.165, 1.54) is 12.3 Å². The Balaban J connectivity index is 0.000000606. The lowest BCUT2D eigenvalue weighted by Gasteiger charge is -2.07. The number of alkyl halides is 2. The van der Waals surface area contributed by atoms with Crippen molar-refractivity contribution in [1.82, 2.24) is 10.2 Å². The van der Waals surface area contributed by atoms with E-state index in [4.69, 9.17) is 11.6 Å². The van der Waals surface area contributed by atoms with Gasteiger partial charge in [-0.15, -0.1) is 0 Å². The van der Waals surface area contributed by atoms with Crippen LogP contribution in [0.25, 0.3) is 10.9 Å². The van der Waals surface area contributed by atoms with Gasteiger partial charge in [-0.2, -0.15) is 5.10 Å². The summed E-state index contributed by atoms with van der Waals surface area (Å²) in [6.07, 6.45) is -1.03. The van der Waals surface area contributed by atoms with Crippen LogP contribution in [0.1, 0.15) is 31.4 Å². The maximum atomic E-state index is 12.6. The molecule has 0 fully saturated rings. The fourth-order valence-corrected chi connectivity index (χ4v) is 1.83. The summed E-state index contributed by atoms with van der Waals surface area (Å²) in [7, 11) is 0. The Labute approximate surface area is 97.6 Å². The molecule has 2 rings (SSSR count). The molecule has 0 aliphatic heterocycles. The van der Waals surface area contributed by atoms with E-state index < -0.39 is 6.43 Å². The minimum atomic E-state index is -2.55. The van der Waals surface area contributed by atoms with Crippen LogP contribution in [-0.2, 0) is 0 Å². The van der Waals surface area contributed by atoms with Gasteiger partial charge in [0.1, 0.15) is 0 Å². The van der Waals surface area contributed by atoms with Crippen LogP contribution in [-0.4, -0.2) is 10.2 Å². The molecule has 0 atom stereocenters. The molecule has 0 radical (unpaired) electrons. The first kappa shape index (κ1) is 12.9. The molecule has 5 heteroatoms. The van der Waals surface area contributed by atoms with Crippen molar-refractivity contribution in [3.8, 4) is 0 Å². The highest BCUT2D eigenvalue weighted by Gasteiger charge is 2.17. The zero-order chi connectivity index (χ0) is 12.3. The molecule has 0 bridgehead atoms. The van der Waals surface area contributed by atoms with Gasteiger partial charge in [0.15, 0.2) is 0 Å². The molecule has 2 nitrogen and oxygen atoms in total. The zero-order valence-electron chi connectivity index (χ0n) is 9.31. The van der Waals surface area contributed by atoms with Gasteiger partial charge in [-0.25, -0.2) is 8.78 Å². The van der Waals surface area contributed by atoms with E-state index in [0.29, 0.717) is 16.5 Å². The number of aryl methyl sites for hydroxylation is 1. The van der Waals surface area contributed by atoms with E-state index in [0.717, 1.165) is 0 Å². The van der Waals surface area contributed by atoms with Crippen LogP contribution in [0, 0.1) is 6.92 Å². The Morgan fingerprint density at radius 2 is 2.00 bits per heavy atom. The molecular formula is C11H13ClF2N2. The van der Waals surface area contributed by atoms with Crippen molar-refractivity contribution in [1.29, 1.82) is 0 Å². The topological polar surface area (TPSA) is 28.7 Å². The molecule has 88 valence electrons. The predicted octanol–water partition coefficient (Wildman–Crippen LogP) is 4.49. The lowest BCUT2D eigenvalue weighted by molar-refractivity contribution is 0.151. The summed E-state index contributed by atoms with van der Waals surface area (Å²) in [5, 5.41) is 7.23. The molecule has 0 amide bonds. The van der Waals surface area contributed by atoms with Gasteiger partial charge in [0.25, 0.3) is 6.43 Å². The average molecular weight is 247 g/mol. The summed E-state index contributed by atoms with van der Waals surface area (Å²) in [5.74, 6) is 0. The Morgan fingerprint density at radius 1 is 1.38 bits per heavy atom. The van der Waals surface area contributed by atoms with E-state index >= 15 is 0 Å². The molecule has 1 aromatic carbocycles.